The van der Waals surface area contributed by atoms with E-state index in [1.807, 2.05) is 18.2 Å². The number of anilines is 1. The van der Waals surface area contributed by atoms with Gasteiger partial charge < -0.3 is 10.5 Å². The zero-order valence-electron chi connectivity index (χ0n) is 13.8. The van der Waals surface area contributed by atoms with E-state index in [0.717, 1.165) is 22.3 Å². The molecule has 0 aliphatic carbocycles. The zero-order chi connectivity index (χ0) is 18.0. The summed E-state index contributed by atoms with van der Waals surface area (Å²) in [5, 5.41) is 0. The summed E-state index contributed by atoms with van der Waals surface area (Å²) in [6.45, 7) is 0. The molecular formula is C18H17N3O3S. The van der Waals surface area contributed by atoms with Gasteiger partial charge in [-0.1, -0.05) is 12.1 Å². The van der Waals surface area contributed by atoms with Gasteiger partial charge in [0.1, 0.15) is 5.82 Å². The highest BCUT2D eigenvalue weighted by molar-refractivity contribution is 7.90. The maximum Gasteiger partial charge on any atom is 0.212 e. The lowest BCUT2D eigenvalue weighted by atomic mass is 10.0. The molecule has 0 atom stereocenters. The van der Waals surface area contributed by atoms with Crippen molar-refractivity contribution in [1.29, 1.82) is 0 Å². The minimum atomic E-state index is -3.28. The molecule has 0 aliphatic heterocycles. The Morgan fingerprint density at radius 3 is 2.36 bits per heavy atom. The van der Waals surface area contributed by atoms with Gasteiger partial charge in [0.2, 0.25) is 5.88 Å². The molecule has 0 unspecified atom stereocenters. The van der Waals surface area contributed by atoms with Crippen molar-refractivity contribution in [2.24, 2.45) is 0 Å². The first-order valence-corrected chi connectivity index (χ1v) is 9.34. The van der Waals surface area contributed by atoms with Crippen LogP contribution in [-0.2, 0) is 9.84 Å². The highest BCUT2D eigenvalue weighted by Crippen LogP contribution is 2.30. The molecule has 2 N–H and O–H groups in total. The number of pyridine rings is 2. The molecule has 3 aromatic rings. The van der Waals surface area contributed by atoms with Crippen LogP contribution in [0.3, 0.4) is 0 Å². The molecule has 6 nitrogen and oxygen atoms in total. The van der Waals surface area contributed by atoms with Crippen molar-refractivity contribution in [3.63, 3.8) is 0 Å². The van der Waals surface area contributed by atoms with Crippen molar-refractivity contribution in [3.05, 3.63) is 54.9 Å². The molecule has 128 valence electrons. The number of hydrogen-bond donors (Lipinski definition) is 1. The van der Waals surface area contributed by atoms with Gasteiger partial charge in [-0.05, 0) is 29.8 Å². The van der Waals surface area contributed by atoms with Gasteiger partial charge in [-0.15, -0.1) is 0 Å². The minimum Gasteiger partial charge on any atom is -0.481 e. The third kappa shape index (κ3) is 3.61. The Bertz CT molecular complexity index is 1020. The fraction of sp³-hybridized carbons (Fsp3) is 0.111. The van der Waals surface area contributed by atoms with E-state index in [-0.39, 0.29) is 4.90 Å². The molecule has 7 heteroatoms. The van der Waals surface area contributed by atoms with E-state index in [4.69, 9.17) is 10.5 Å². The van der Waals surface area contributed by atoms with E-state index >= 15 is 0 Å². The average Bonchev–Trinajstić information content (AvgIpc) is 2.62. The first-order chi connectivity index (χ1) is 11.9. The van der Waals surface area contributed by atoms with Crippen LogP contribution >= 0.6 is 0 Å². The molecule has 0 amide bonds. The van der Waals surface area contributed by atoms with Crippen molar-refractivity contribution in [3.8, 4) is 28.1 Å². The molecule has 2 heterocycles. The second-order valence-electron chi connectivity index (χ2n) is 5.55. The Hall–Kier alpha value is -2.93. The molecule has 0 aliphatic rings. The van der Waals surface area contributed by atoms with Gasteiger partial charge in [-0.2, -0.15) is 0 Å². The maximum atomic E-state index is 11.8. The molecule has 0 saturated heterocycles. The smallest absolute Gasteiger partial charge is 0.212 e. The predicted molar refractivity (Wildman–Crippen MR) is 97.0 cm³/mol. The van der Waals surface area contributed by atoms with Gasteiger partial charge in [-0.25, -0.2) is 18.4 Å². The molecule has 0 radical (unpaired) electrons. The van der Waals surface area contributed by atoms with E-state index in [9.17, 15) is 8.42 Å². The Balaban J connectivity index is 2.07. The predicted octanol–water partition coefficient (Wildman–Crippen LogP) is 2.80. The molecule has 1 aromatic carbocycles. The molecular weight excluding hydrogens is 338 g/mol. The van der Waals surface area contributed by atoms with E-state index in [1.54, 1.807) is 43.8 Å². The maximum absolute atomic E-state index is 11.8. The fourth-order valence-electron chi connectivity index (χ4n) is 2.43. The lowest BCUT2D eigenvalue weighted by Crippen LogP contribution is -1.98. The molecule has 3 rings (SSSR count). The number of sulfone groups is 1. The van der Waals surface area contributed by atoms with Gasteiger partial charge >= 0.3 is 0 Å². The van der Waals surface area contributed by atoms with Crippen LogP contribution in [0.25, 0.3) is 22.3 Å². The second kappa shape index (κ2) is 6.52. The van der Waals surface area contributed by atoms with Crippen LogP contribution < -0.4 is 10.5 Å². The van der Waals surface area contributed by atoms with Gasteiger partial charge in [0, 0.05) is 41.4 Å². The number of rotatable bonds is 4. The summed E-state index contributed by atoms with van der Waals surface area (Å²) in [6.07, 6.45) is 4.46. The van der Waals surface area contributed by atoms with Crippen molar-refractivity contribution < 1.29 is 13.2 Å². The molecule has 0 bridgehead atoms. The number of methoxy groups -OCH3 is 1. The third-order valence-electron chi connectivity index (χ3n) is 3.77. The van der Waals surface area contributed by atoms with Gasteiger partial charge in [-0.3, -0.25) is 0 Å². The summed E-state index contributed by atoms with van der Waals surface area (Å²) in [7, 11) is -1.73. The molecule has 2 aromatic heterocycles. The van der Waals surface area contributed by atoms with Gasteiger partial charge in [0.25, 0.3) is 0 Å². The Labute approximate surface area is 146 Å². The van der Waals surface area contributed by atoms with E-state index in [0.29, 0.717) is 11.7 Å². The Kier molecular flexibility index (Phi) is 4.41. The summed E-state index contributed by atoms with van der Waals surface area (Å²) in [5.41, 5.74) is 9.04. The molecule has 0 spiro atoms. The fourth-order valence-corrected chi connectivity index (χ4v) is 3.10. The quantitative estimate of drug-likeness (QED) is 0.773. The number of ether oxygens (including phenoxy) is 1. The second-order valence-corrected chi connectivity index (χ2v) is 7.56. The minimum absolute atomic E-state index is 0.259. The van der Waals surface area contributed by atoms with Crippen molar-refractivity contribution in [2.75, 3.05) is 19.1 Å². The molecule has 0 fully saturated rings. The monoisotopic (exact) mass is 355 g/mol. The van der Waals surface area contributed by atoms with Crippen molar-refractivity contribution >= 4 is 15.7 Å². The highest BCUT2D eigenvalue weighted by atomic mass is 32.2. The number of nitrogens with two attached hydrogens (primary N) is 1. The van der Waals surface area contributed by atoms with Crippen LogP contribution in [0, 0.1) is 0 Å². The molecule has 0 saturated carbocycles. The van der Waals surface area contributed by atoms with Gasteiger partial charge in [0.15, 0.2) is 9.84 Å². The number of hydrogen-bond acceptors (Lipinski definition) is 6. The van der Waals surface area contributed by atoms with Crippen LogP contribution in [0.15, 0.2) is 59.8 Å². The summed E-state index contributed by atoms with van der Waals surface area (Å²) in [6, 6.07) is 12.2. The largest absolute Gasteiger partial charge is 0.481 e. The summed E-state index contributed by atoms with van der Waals surface area (Å²) < 4.78 is 28.6. The third-order valence-corrected chi connectivity index (χ3v) is 4.88. The summed E-state index contributed by atoms with van der Waals surface area (Å²) >= 11 is 0. The van der Waals surface area contributed by atoms with E-state index in [2.05, 4.69) is 9.97 Å². The number of benzene rings is 1. The van der Waals surface area contributed by atoms with E-state index in [1.165, 1.54) is 6.26 Å². The first kappa shape index (κ1) is 16.9. The topological polar surface area (TPSA) is 95.2 Å². The lowest BCUT2D eigenvalue weighted by molar-refractivity contribution is 0.398. The highest BCUT2D eigenvalue weighted by Gasteiger charge is 2.11. The van der Waals surface area contributed by atoms with Crippen molar-refractivity contribution in [1.82, 2.24) is 9.97 Å². The Morgan fingerprint density at radius 1 is 0.960 bits per heavy atom. The van der Waals surface area contributed by atoms with Gasteiger partial charge in [0.05, 0.1) is 12.0 Å². The number of nitrogen functional groups attached to an aromatic ring is 1. The van der Waals surface area contributed by atoms with Crippen LogP contribution in [0.1, 0.15) is 0 Å². The summed E-state index contributed by atoms with van der Waals surface area (Å²) in [5.74, 6) is 0.877. The van der Waals surface area contributed by atoms with E-state index < -0.39 is 9.84 Å². The van der Waals surface area contributed by atoms with Crippen molar-refractivity contribution in [2.45, 2.75) is 4.90 Å². The summed E-state index contributed by atoms with van der Waals surface area (Å²) in [4.78, 5) is 8.67. The normalized spacial score (nSPS) is 11.3. The van der Waals surface area contributed by atoms with Crippen LogP contribution in [0.5, 0.6) is 5.88 Å². The van der Waals surface area contributed by atoms with Crippen LogP contribution in [0.4, 0.5) is 5.82 Å². The Morgan fingerprint density at radius 2 is 1.72 bits per heavy atom. The standard InChI is InChI=1S/C18H17N3O3S/c1-24-17-7-6-13(10-20-17)16-9-14(11-21-18(16)19)12-4-3-5-15(8-12)25(2,22)23/h3-11H,1-2H3,(H2,19,21). The number of nitrogens with zero attached hydrogens (tertiary/aromatic N) is 2. The first-order valence-electron chi connectivity index (χ1n) is 7.45. The average molecular weight is 355 g/mol. The van der Waals surface area contributed by atoms with Crippen LogP contribution in [0.2, 0.25) is 0 Å². The molecule has 25 heavy (non-hydrogen) atoms. The SMILES string of the molecule is COc1ccc(-c2cc(-c3cccc(S(C)(=O)=O)c3)cnc2N)cn1. The number of aromatic nitrogens is 2. The van der Waals surface area contributed by atoms with Crippen LogP contribution in [-0.4, -0.2) is 31.8 Å². The lowest BCUT2D eigenvalue weighted by Gasteiger charge is -2.09. The zero-order valence-corrected chi connectivity index (χ0v) is 14.6.